The normalized spacial score (nSPS) is 21.9. The molecule has 2 rings (SSSR count). The lowest BCUT2D eigenvalue weighted by molar-refractivity contribution is -0.125. The van der Waals surface area contributed by atoms with Gasteiger partial charge in [0.1, 0.15) is 0 Å². The first-order valence-corrected chi connectivity index (χ1v) is 6.82. The van der Waals surface area contributed by atoms with Crippen molar-refractivity contribution in [2.75, 3.05) is 26.7 Å². The summed E-state index contributed by atoms with van der Waals surface area (Å²) in [6, 6.07) is 6.63. The van der Waals surface area contributed by atoms with Gasteiger partial charge in [0.25, 0.3) is 5.91 Å². The summed E-state index contributed by atoms with van der Waals surface area (Å²) in [4.78, 5) is 25.7. The summed E-state index contributed by atoms with van der Waals surface area (Å²) in [7, 11) is 1.56. The monoisotopic (exact) mass is 296 g/mol. The van der Waals surface area contributed by atoms with Crippen LogP contribution in [0.15, 0.2) is 24.3 Å². The van der Waals surface area contributed by atoms with Crippen LogP contribution in [0.25, 0.3) is 0 Å². The SMILES string of the molecule is CNC(=O)[C@@H]1CN(C(=O)c2ccc(Cl)cc2)C[C@H]1CO. The van der Waals surface area contributed by atoms with Gasteiger partial charge in [-0.05, 0) is 24.3 Å². The maximum absolute atomic E-state index is 12.3. The molecule has 1 heterocycles. The second-order valence-corrected chi connectivity index (χ2v) is 5.32. The molecule has 0 spiro atoms. The fourth-order valence-electron chi connectivity index (χ4n) is 2.48. The van der Waals surface area contributed by atoms with E-state index in [-0.39, 0.29) is 30.3 Å². The van der Waals surface area contributed by atoms with Crippen molar-refractivity contribution in [3.05, 3.63) is 34.9 Å². The molecule has 0 saturated carbocycles. The lowest BCUT2D eigenvalue weighted by Gasteiger charge is -2.16. The van der Waals surface area contributed by atoms with E-state index in [2.05, 4.69) is 5.32 Å². The molecule has 2 atom stereocenters. The average molecular weight is 297 g/mol. The molecule has 0 aliphatic carbocycles. The molecule has 2 N–H and O–H groups in total. The molecule has 2 amide bonds. The summed E-state index contributed by atoms with van der Waals surface area (Å²) in [5, 5.41) is 12.5. The van der Waals surface area contributed by atoms with Gasteiger partial charge in [0.05, 0.1) is 5.92 Å². The smallest absolute Gasteiger partial charge is 0.253 e. The number of amides is 2. The number of hydrogen-bond acceptors (Lipinski definition) is 3. The lowest BCUT2D eigenvalue weighted by atomic mass is 9.96. The molecule has 1 fully saturated rings. The van der Waals surface area contributed by atoms with Gasteiger partial charge in [-0.25, -0.2) is 0 Å². The van der Waals surface area contributed by atoms with Gasteiger partial charge in [0.15, 0.2) is 0 Å². The van der Waals surface area contributed by atoms with E-state index in [1.54, 1.807) is 36.2 Å². The standard InChI is InChI=1S/C14H17ClN2O3/c1-16-13(19)12-7-17(6-10(12)8-18)14(20)9-2-4-11(15)5-3-9/h2-5,10,12,18H,6-8H2,1H3,(H,16,19)/t10-,12+/m0/s1. The van der Waals surface area contributed by atoms with Gasteiger partial charge in [-0.2, -0.15) is 0 Å². The van der Waals surface area contributed by atoms with Crippen LogP contribution >= 0.6 is 11.6 Å². The molecule has 108 valence electrons. The maximum atomic E-state index is 12.3. The van der Waals surface area contributed by atoms with Gasteiger partial charge in [-0.3, -0.25) is 9.59 Å². The van der Waals surface area contributed by atoms with Crippen molar-refractivity contribution in [1.82, 2.24) is 10.2 Å². The number of nitrogens with one attached hydrogen (secondary N) is 1. The highest BCUT2D eigenvalue weighted by molar-refractivity contribution is 6.30. The minimum Gasteiger partial charge on any atom is -0.396 e. The molecule has 1 aromatic carbocycles. The van der Waals surface area contributed by atoms with Crippen LogP contribution in [0.1, 0.15) is 10.4 Å². The number of aliphatic hydroxyl groups excluding tert-OH is 1. The van der Waals surface area contributed by atoms with Crippen molar-refractivity contribution in [2.45, 2.75) is 0 Å². The third-order valence-corrected chi connectivity index (χ3v) is 3.89. The first-order chi connectivity index (χ1) is 9.56. The Morgan fingerprint density at radius 3 is 2.55 bits per heavy atom. The number of halogens is 1. The highest BCUT2D eigenvalue weighted by Gasteiger charge is 2.38. The van der Waals surface area contributed by atoms with E-state index in [1.165, 1.54) is 0 Å². The fourth-order valence-corrected chi connectivity index (χ4v) is 2.61. The Bertz CT molecular complexity index is 504. The molecule has 0 unspecified atom stereocenters. The Morgan fingerprint density at radius 1 is 1.35 bits per heavy atom. The quantitative estimate of drug-likeness (QED) is 0.865. The third kappa shape index (κ3) is 2.94. The van der Waals surface area contributed by atoms with Crippen molar-refractivity contribution in [3.63, 3.8) is 0 Å². The van der Waals surface area contributed by atoms with E-state index >= 15 is 0 Å². The molecule has 5 nitrogen and oxygen atoms in total. The summed E-state index contributed by atoms with van der Waals surface area (Å²) in [5.41, 5.74) is 0.531. The Kier molecular flexibility index (Phi) is 4.62. The number of aliphatic hydroxyl groups is 1. The third-order valence-electron chi connectivity index (χ3n) is 3.64. The molecular formula is C14H17ClN2O3. The Morgan fingerprint density at radius 2 is 2.00 bits per heavy atom. The number of carbonyl (C=O) groups excluding carboxylic acids is 2. The minimum atomic E-state index is -0.360. The zero-order chi connectivity index (χ0) is 14.7. The van der Waals surface area contributed by atoms with Crippen LogP contribution in [-0.4, -0.2) is 48.6 Å². The number of likely N-dealkylation sites (tertiary alicyclic amines) is 1. The van der Waals surface area contributed by atoms with Gasteiger partial charge in [0, 0.05) is 43.2 Å². The van der Waals surface area contributed by atoms with Crippen molar-refractivity contribution >= 4 is 23.4 Å². The van der Waals surface area contributed by atoms with Crippen LogP contribution in [0.4, 0.5) is 0 Å². The van der Waals surface area contributed by atoms with Crippen LogP contribution in [0, 0.1) is 11.8 Å². The van der Waals surface area contributed by atoms with Gasteiger partial charge in [-0.15, -0.1) is 0 Å². The topological polar surface area (TPSA) is 69.6 Å². The number of rotatable bonds is 3. The van der Waals surface area contributed by atoms with Crippen LogP contribution in [0.3, 0.4) is 0 Å². The molecule has 0 aromatic heterocycles. The van der Waals surface area contributed by atoms with Crippen molar-refractivity contribution in [2.24, 2.45) is 11.8 Å². The van der Waals surface area contributed by atoms with Crippen LogP contribution in [0.2, 0.25) is 5.02 Å². The Hall–Kier alpha value is -1.59. The van der Waals surface area contributed by atoms with Crippen molar-refractivity contribution in [3.8, 4) is 0 Å². The Balaban J connectivity index is 2.12. The van der Waals surface area contributed by atoms with Crippen molar-refractivity contribution < 1.29 is 14.7 Å². The average Bonchev–Trinajstić information content (AvgIpc) is 2.90. The Labute approximate surface area is 122 Å². The molecule has 1 aliphatic rings. The molecule has 1 aliphatic heterocycles. The first kappa shape index (κ1) is 14.8. The van der Waals surface area contributed by atoms with Gasteiger partial charge in [-0.1, -0.05) is 11.6 Å². The van der Waals surface area contributed by atoms with E-state index in [9.17, 15) is 14.7 Å². The zero-order valence-electron chi connectivity index (χ0n) is 11.2. The first-order valence-electron chi connectivity index (χ1n) is 6.44. The van der Waals surface area contributed by atoms with Crippen LogP contribution in [0.5, 0.6) is 0 Å². The number of benzene rings is 1. The second-order valence-electron chi connectivity index (χ2n) is 4.88. The van der Waals surface area contributed by atoms with Crippen molar-refractivity contribution in [1.29, 1.82) is 0 Å². The van der Waals surface area contributed by atoms with Crippen LogP contribution in [-0.2, 0) is 4.79 Å². The molecule has 20 heavy (non-hydrogen) atoms. The van der Waals surface area contributed by atoms with Gasteiger partial charge in [0.2, 0.25) is 5.91 Å². The van der Waals surface area contributed by atoms with Gasteiger partial charge < -0.3 is 15.3 Å². The zero-order valence-corrected chi connectivity index (χ0v) is 11.9. The van der Waals surface area contributed by atoms with E-state index in [0.717, 1.165) is 0 Å². The summed E-state index contributed by atoms with van der Waals surface area (Å²) >= 11 is 5.79. The van der Waals surface area contributed by atoms with E-state index in [1.807, 2.05) is 0 Å². The number of nitrogens with zero attached hydrogens (tertiary/aromatic N) is 1. The molecule has 1 saturated heterocycles. The fraction of sp³-hybridized carbons (Fsp3) is 0.429. The van der Waals surface area contributed by atoms with E-state index in [4.69, 9.17) is 11.6 Å². The molecule has 6 heteroatoms. The number of hydrogen-bond donors (Lipinski definition) is 2. The van der Waals surface area contributed by atoms with E-state index < -0.39 is 0 Å². The van der Waals surface area contributed by atoms with E-state index in [0.29, 0.717) is 23.7 Å². The molecule has 0 radical (unpaired) electrons. The molecule has 1 aromatic rings. The second kappa shape index (κ2) is 6.24. The molecular weight excluding hydrogens is 280 g/mol. The minimum absolute atomic E-state index is 0.109. The number of carbonyl (C=O) groups is 2. The largest absolute Gasteiger partial charge is 0.396 e. The predicted octanol–water partition coefficient (Wildman–Crippen LogP) is 0.766. The molecule has 0 bridgehead atoms. The summed E-state index contributed by atoms with van der Waals surface area (Å²) in [6.45, 7) is 0.602. The lowest BCUT2D eigenvalue weighted by Crippen LogP contribution is -2.34. The maximum Gasteiger partial charge on any atom is 0.253 e. The highest BCUT2D eigenvalue weighted by Crippen LogP contribution is 2.25. The highest BCUT2D eigenvalue weighted by atomic mass is 35.5. The summed E-state index contributed by atoms with van der Waals surface area (Å²) in [6.07, 6.45) is 0. The van der Waals surface area contributed by atoms with Gasteiger partial charge >= 0.3 is 0 Å². The summed E-state index contributed by atoms with van der Waals surface area (Å²) < 4.78 is 0. The van der Waals surface area contributed by atoms with Crippen LogP contribution < -0.4 is 5.32 Å². The predicted molar refractivity (Wildman–Crippen MR) is 75.5 cm³/mol. The summed E-state index contributed by atoms with van der Waals surface area (Å²) in [5.74, 6) is -0.866.